The SMILES string of the molecule is CC1(C)c2ccccc2-c2cc(-c3c4ccccc4c(-c4ccc(-c5ccc6c(c5)C(C)(C)c5ccccc5-6)cc4)c4ccc(-c5cccc6ccccc56)cc34)ccc21. The first-order valence-corrected chi connectivity index (χ1v) is 21.3. The molecule has 0 nitrogen and oxygen atoms in total. The predicted octanol–water partition coefficient (Wildman–Crippen LogP) is 16.4. The molecule has 0 atom stereocenters. The molecule has 10 aromatic carbocycles. The summed E-state index contributed by atoms with van der Waals surface area (Å²) in [6, 6.07) is 73.2. The molecule has 0 heteroatoms. The lowest BCUT2D eigenvalue weighted by Crippen LogP contribution is -2.14. The Kier molecular flexibility index (Phi) is 7.42. The number of rotatable bonds is 4. The molecule has 10 aromatic rings. The van der Waals surface area contributed by atoms with Crippen LogP contribution in [0.1, 0.15) is 49.9 Å². The van der Waals surface area contributed by atoms with Gasteiger partial charge >= 0.3 is 0 Å². The third kappa shape index (κ3) is 4.98. The van der Waals surface area contributed by atoms with Crippen LogP contribution in [-0.2, 0) is 10.8 Å². The molecule has 0 aliphatic heterocycles. The van der Waals surface area contributed by atoms with E-state index in [0.29, 0.717) is 0 Å². The monoisotopic (exact) mass is 764 g/mol. The molecule has 0 spiro atoms. The molecule has 0 fully saturated rings. The topological polar surface area (TPSA) is 0 Å². The fraction of sp³-hybridized carbons (Fsp3) is 0.100. The van der Waals surface area contributed by atoms with Crippen molar-refractivity contribution in [3.8, 4) is 66.8 Å². The van der Waals surface area contributed by atoms with Gasteiger partial charge in [0.1, 0.15) is 0 Å². The van der Waals surface area contributed by atoms with Crippen molar-refractivity contribution in [2.75, 3.05) is 0 Å². The number of benzene rings is 10. The predicted molar refractivity (Wildman–Crippen MR) is 256 cm³/mol. The molecule has 60 heavy (non-hydrogen) atoms. The maximum absolute atomic E-state index is 2.47. The van der Waals surface area contributed by atoms with Crippen molar-refractivity contribution < 1.29 is 0 Å². The van der Waals surface area contributed by atoms with Crippen molar-refractivity contribution in [1.82, 2.24) is 0 Å². The average molecular weight is 765 g/mol. The summed E-state index contributed by atoms with van der Waals surface area (Å²) < 4.78 is 0. The summed E-state index contributed by atoms with van der Waals surface area (Å²) in [5.74, 6) is 0. The zero-order valence-electron chi connectivity index (χ0n) is 34.5. The minimum atomic E-state index is -0.0485. The molecule has 2 aliphatic carbocycles. The van der Waals surface area contributed by atoms with Gasteiger partial charge in [0.2, 0.25) is 0 Å². The van der Waals surface area contributed by atoms with Crippen molar-refractivity contribution in [2.24, 2.45) is 0 Å². The summed E-state index contributed by atoms with van der Waals surface area (Å²) in [6.07, 6.45) is 0. The van der Waals surface area contributed by atoms with E-state index in [-0.39, 0.29) is 10.8 Å². The zero-order valence-corrected chi connectivity index (χ0v) is 34.5. The fourth-order valence-electron chi connectivity index (χ4n) is 11.0. The van der Waals surface area contributed by atoms with Crippen molar-refractivity contribution >= 4 is 32.3 Å². The van der Waals surface area contributed by atoms with E-state index in [1.54, 1.807) is 0 Å². The van der Waals surface area contributed by atoms with Crippen molar-refractivity contribution in [3.05, 3.63) is 216 Å². The maximum Gasteiger partial charge on any atom is 0.0159 e. The molecule has 0 bridgehead atoms. The Labute approximate surface area is 352 Å². The van der Waals surface area contributed by atoms with Crippen LogP contribution in [0.4, 0.5) is 0 Å². The first-order valence-electron chi connectivity index (χ1n) is 21.3. The van der Waals surface area contributed by atoms with Crippen LogP contribution in [0.3, 0.4) is 0 Å². The first-order chi connectivity index (χ1) is 29.3. The first kappa shape index (κ1) is 35.0. The Bertz CT molecular complexity index is 3400. The third-order valence-corrected chi connectivity index (χ3v) is 14.1. The van der Waals surface area contributed by atoms with Crippen molar-refractivity contribution in [3.63, 3.8) is 0 Å². The maximum atomic E-state index is 2.47. The molecular formula is C60H44. The van der Waals surface area contributed by atoms with Gasteiger partial charge in [-0.3, -0.25) is 0 Å². The Morgan fingerprint density at radius 3 is 1.48 bits per heavy atom. The smallest absolute Gasteiger partial charge is 0.0159 e. The standard InChI is InChI=1S/C60H44/c1-59(2)54-23-12-10-18-46(54)51-35-42(30-33-55(51)59)58-49-20-8-7-19-48(49)57(50-32-29-41(34-52(50)58)44-21-13-15-38-14-5-6-16-43(38)44)39-26-24-37(25-27-39)40-28-31-47-45-17-9-11-22-53(45)60(3,4)56(47)36-40/h5-36H,1-4H3. The highest BCUT2D eigenvalue weighted by Crippen LogP contribution is 2.53. The van der Waals surface area contributed by atoms with Gasteiger partial charge in [-0.1, -0.05) is 204 Å². The highest BCUT2D eigenvalue weighted by Gasteiger charge is 2.36. The average Bonchev–Trinajstić information content (AvgIpc) is 3.66. The van der Waals surface area contributed by atoms with Gasteiger partial charge in [0.15, 0.2) is 0 Å². The van der Waals surface area contributed by atoms with Gasteiger partial charge in [-0.2, -0.15) is 0 Å². The molecule has 0 unspecified atom stereocenters. The van der Waals surface area contributed by atoms with Crippen molar-refractivity contribution in [2.45, 2.75) is 38.5 Å². The van der Waals surface area contributed by atoms with Crippen LogP contribution in [0.15, 0.2) is 194 Å². The van der Waals surface area contributed by atoms with Crippen LogP contribution in [0.2, 0.25) is 0 Å². The molecule has 2 aliphatic rings. The Morgan fingerprint density at radius 2 is 0.733 bits per heavy atom. The van der Waals surface area contributed by atoms with Crippen LogP contribution in [0.5, 0.6) is 0 Å². The van der Waals surface area contributed by atoms with E-state index in [4.69, 9.17) is 0 Å². The second-order valence-corrected chi connectivity index (χ2v) is 18.0. The van der Waals surface area contributed by atoms with Gasteiger partial charge in [0.05, 0.1) is 0 Å². The van der Waals surface area contributed by atoms with Gasteiger partial charge < -0.3 is 0 Å². The van der Waals surface area contributed by atoms with Gasteiger partial charge in [0.25, 0.3) is 0 Å². The van der Waals surface area contributed by atoms with E-state index < -0.39 is 0 Å². The number of fused-ring (bicyclic) bond motifs is 9. The van der Waals surface area contributed by atoms with E-state index in [1.165, 1.54) is 121 Å². The zero-order chi connectivity index (χ0) is 40.3. The second-order valence-electron chi connectivity index (χ2n) is 18.0. The minimum Gasteiger partial charge on any atom is -0.0619 e. The lowest BCUT2D eigenvalue weighted by molar-refractivity contribution is 0.660. The molecule has 0 aromatic heterocycles. The summed E-state index contributed by atoms with van der Waals surface area (Å²) >= 11 is 0. The minimum absolute atomic E-state index is 0.0369. The molecule has 0 amide bonds. The third-order valence-electron chi connectivity index (χ3n) is 14.1. The van der Waals surface area contributed by atoms with Gasteiger partial charge in [-0.15, -0.1) is 0 Å². The van der Waals surface area contributed by atoms with E-state index in [2.05, 4.69) is 222 Å². The van der Waals surface area contributed by atoms with E-state index in [0.717, 1.165) is 0 Å². The lowest BCUT2D eigenvalue weighted by atomic mass is 9.81. The highest BCUT2D eigenvalue weighted by molar-refractivity contribution is 6.22. The normalized spacial score (nSPS) is 14.3. The van der Waals surface area contributed by atoms with Crippen LogP contribution >= 0.6 is 0 Å². The molecule has 12 rings (SSSR count). The highest BCUT2D eigenvalue weighted by atomic mass is 14.4. The van der Waals surface area contributed by atoms with E-state index in [1.807, 2.05) is 0 Å². The van der Waals surface area contributed by atoms with Gasteiger partial charge in [-0.25, -0.2) is 0 Å². The largest absolute Gasteiger partial charge is 0.0619 e. The van der Waals surface area contributed by atoms with E-state index >= 15 is 0 Å². The Balaban J connectivity index is 1.07. The Morgan fingerprint density at radius 1 is 0.250 bits per heavy atom. The molecule has 0 radical (unpaired) electrons. The van der Waals surface area contributed by atoms with Gasteiger partial charge in [-0.05, 0) is 140 Å². The van der Waals surface area contributed by atoms with Crippen LogP contribution in [0, 0.1) is 0 Å². The number of hydrogen-bond acceptors (Lipinski definition) is 0. The quantitative estimate of drug-likeness (QED) is 0.157. The molecule has 284 valence electrons. The van der Waals surface area contributed by atoms with Gasteiger partial charge in [0, 0.05) is 10.8 Å². The molecule has 0 saturated carbocycles. The van der Waals surface area contributed by atoms with Crippen LogP contribution < -0.4 is 0 Å². The molecule has 0 saturated heterocycles. The summed E-state index contributed by atoms with van der Waals surface area (Å²) in [7, 11) is 0. The molecule has 0 heterocycles. The Hall–Kier alpha value is -7.02. The fourth-order valence-corrected chi connectivity index (χ4v) is 11.0. The second kappa shape index (κ2) is 12.7. The lowest BCUT2D eigenvalue weighted by Gasteiger charge is -2.22. The van der Waals surface area contributed by atoms with Crippen molar-refractivity contribution in [1.29, 1.82) is 0 Å². The number of hydrogen-bond donors (Lipinski definition) is 0. The molecule has 0 N–H and O–H groups in total. The van der Waals surface area contributed by atoms with E-state index in [9.17, 15) is 0 Å². The summed E-state index contributed by atoms with van der Waals surface area (Å²) in [6.45, 7) is 9.45. The summed E-state index contributed by atoms with van der Waals surface area (Å²) in [5, 5.41) is 7.59. The van der Waals surface area contributed by atoms with Crippen LogP contribution in [0.25, 0.3) is 99.1 Å². The summed E-state index contributed by atoms with van der Waals surface area (Å²) in [4.78, 5) is 0. The summed E-state index contributed by atoms with van der Waals surface area (Å²) in [5.41, 5.74) is 20.9. The molecular weight excluding hydrogens is 721 g/mol. The van der Waals surface area contributed by atoms with Crippen LogP contribution in [-0.4, -0.2) is 0 Å².